The smallest absolute Gasteiger partial charge is 0.409 e. The summed E-state index contributed by atoms with van der Waals surface area (Å²) in [4.78, 5) is 27.6. The highest BCUT2D eigenvalue weighted by molar-refractivity contribution is 5.79. The molecule has 0 bridgehead atoms. The van der Waals surface area contributed by atoms with Crippen molar-refractivity contribution in [3.8, 4) is 0 Å². The number of benzene rings is 1. The molecule has 1 heterocycles. The van der Waals surface area contributed by atoms with Crippen molar-refractivity contribution in [1.29, 1.82) is 0 Å². The molecule has 0 aliphatic carbocycles. The Balaban J connectivity index is 1.96. The van der Waals surface area contributed by atoms with Crippen LogP contribution in [0.15, 0.2) is 18.2 Å². The van der Waals surface area contributed by atoms with E-state index in [2.05, 4.69) is 13.0 Å². The Bertz CT molecular complexity index is 557. The van der Waals surface area contributed by atoms with Crippen molar-refractivity contribution in [3.63, 3.8) is 0 Å². The van der Waals surface area contributed by atoms with Crippen LogP contribution in [0, 0.1) is 13.8 Å². The molecule has 1 aliphatic heterocycles. The first kappa shape index (κ1) is 16.3. The summed E-state index contributed by atoms with van der Waals surface area (Å²) in [5, 5.41) is 0. The van der Waals surface area contributed by atoms with Crippen molar-refractivity contribution >= 4 is 12.0 Å². The molecule has 0 spiro atoms. The van der Waals surface area contributed by atoms with Gasteiger partial charge in [-0.3, -0.25) is 4.79 Å². The molecule has 2 amide bonds. The Morgan fingerprint density at radius 1 is 1.09 bits per heavy atom. The molecule has 5 heteroatoms. The maximum Gasteiger partial charge on any atom is 0.409 e. The Morgan fingerprint density at radius 2 is 1.77 bits per heavy atom. The van der Waals surface area contributed by atoms with Gasteiger partial charge in [-0.05, 0) is 31.4 Å². The number of carbonyl (C=O) groups is 2. The minimum atomic E-state index is -0.316. The highest BCUT2D eigenvalue weighted by atomic mass is 16.5. The lowest BCUT2D eigenvalue weighted by Crippen LogP contribution is -2.38. The molecule has 120 valence electrons. The minimum absolute atomic E-state index is 0.124. The number of hydrogen-bond donors (Lipinski definition) is 0. The fourth-order valence-corrected chi connectivity index (χ4v) is 2.80. The number of hydrogen-bond acceptors (Lipinski definition) is 3. The lowest BCUT2D eigenvalue weighted by atomic mass is 10.0. The van der Waals surface area contributed by atoms with Gasteiger partial charge in [-0.25, -0.2) is 4.79 Å². The van der Waals surface area contributed by atoms with Gasteiger partial charge in [0.05, 0.1) is 13.5 Å². The van der Waals surface area contributed by atoms with Crippen molar-refractivity contribution in [1.82, 2.24) is 9.80 Å². The SMILES string of the molecule is COC(=O)N1CCCN(C(=O)Cc2ccc(C)cc2C)CC1. The van der Waals surface area contributed by atoms with Crippen LogP contribution < -0.4 is 0 Å². The normalized spacial score (nSPS) is 15.4. The zero-order valence-corrected chi connectivity index (χ0v) is 13.6. The van der Waals surface area contributed by atoms with E-state index >= 15 is 0 Å². The summed E-state index contributed by atoms with van der Waals surface area (Å²) in [7, 11) is 1.39. The van der Waals surface area contributed by atoms with Crippen LogP contribution in [0.2, 0.25) is 0 Å². The molecule has 0 unspecified atom stereocenters. The number of aryl methyl sites for hydroxylation is 2. The van der Waals surface area contributed by atoms with Crippen molar-refractivity contribution in [2.45, 2.75) is 26.7 Å². The van der Waals surface area contributed by atoms with E-state index in [-0.39, 0.29) is 12.0 Å². The molecule has 1 aromatic rings. The third kappa shape index (κ3) is 4.00. The summed E-state index contributed by atoms with van der Waals surface area (Å²) >= 11 is 0. The van der Waals surface area contributed by atoms with Gasteiger partial charge in [-0.15, -0.1) is 0 Å². The minimum Gasteiger partial charge on any atom is -0.453 e. The van der Waals surface area contributed by atoms with E-state index in [9.17, 15) is 9.59 Å². The van der Waals surface area contributed by atoms with Gasteiger partial charge in [-0.1, -0.05) is 23.8 Å². The molecule has 1 aromatic carbocycles. The second-order valence-electron chi connectivity index (χ2n) is 5.80. The van der Waals surface area contributed by atoms with Crippen LogP contribution in [0.1, 0.15) is 23.1 Å². The predicted molar refractivity (Wildman–Crippen MR) is 84.8 cm³/mol. The van der Waals surface area contributed by atoms with Gasteiger partial charge in [0, 0.05) is 26.2 Å². The van der Waals surface area contributed by atoms with E-state index in [1.54, 1.807) is 4.90 Å². The van der Waals surface area contributed by atoms with Gasteiger partial charge in [-0.2, -0.15) is 0 Å². The van der Waals surface area contributed by atoms with Crippen LogP contribution in [0.4, 0.5) is 4.79 Å². The topological polar surface area (TPSA) is 49.9 Å². The van der Waals surface area contributed by atoms with Gasteiger partial charge >= 0.3 is 6.09 Å². The number of rotatable bonds is 2. The molecule has 2 rings (SSSR count). The molecule has 1 fully saturated rings. The van der Waals surface area contributed by atoms with Gasteiger partial charge < -0.3 is 14.5 Å². The van der Waals surface area contributed by atoms with E-state index in [1.165, 1.54) is 12.7 Å². The van der Waals surface area contributed by atoms with E-state index in [0.29, 0.717) is 32.6 Å². The lowest BCUT2D eigenvalue weighted by molar-refractivity contribution is -0.130. The second kappa shape index (κ2) is 7.29. The second-order valence-corrected chi connectivity index (χ2v) is 5.80. The molecule has 5 nitrogen and oxygen atoms in total. The quantitative estimate of drug-likeness (QED) is 0.841. The van der Waals surface area contributed by atoms with Crippen LogP contribution in [0.25, 0.3) is 0 Å². The van der Waals surface area contributed by atoms with Gasteiger partial charge in [0.1, 0.15) is 0 Å². The fourth-order valence-electron chi connectivity index (χ4n) is 2.80. The van der Waals surface area contributed by atoms with Gasteiger partial charge in [0.25, 0.3) is 0 Å². The summed E-state index contributed by atoms with van der Waals surface area (Å²) in [6, 6.07) is 6.17. The summed E-state index contributed by atoms with van der Waals surface area (Å²) in [5.74, 6) is 0.124. The molecule has 22 heavy (non-hydrogen) atoms. The van der Waals surface area contributed by atoms with E-state index < -0.39 is 0 Å². The van der Waals surface area contributed by atoms with Crippen LogP contribution in [0.5, 0.6) is 0 Å². The molecule has 1 saturated heterocycles. The standard InChI is InChI=1S/C17H24N2O3/c1-13-5-6-15(14(2)11-13)12-16(20)18-7-4-8-19(10-9-18)17(21)22-3/h5-6,11H,4,7-10,12H2,1-3H3. The van der Waals surface area contributed by atoms with Crippen LogP contribution >= 0.6 is 0 Å². The summed E-state index contributed by atoms with van der Waals surface area (Å²) in [5.41, 5.74) is 3.43. The highest BCUT2D eigenvalue weighted by Crippen LogP contribution is 2.13. The largest absolute Gasteiger partial charge is 0.453 e. The molecule has 0 saturated carbocycles. The van der Waals surface area contributed by atoms with Gasteiger partial charge in [0.15, 0.2) is 0 Å². The first-order chi connectivity index (χ1) is 10.5. The van der Waals surface area contributed by atoms with E-state index in [1.807, 2.05) is 24.0 Å². The molecule has 1 aliphatic rings. The Hall–Kier alpha value is -2.04. The molecular weight excluding hydrogens is 280 g/mol. The average molecular weight is 304 g/mol. The monoisotopic (exact) mass is 304 g/mol. The first-order valence-electron chi connectivity index (χ1n) is 7.68. The molecule has 0 atom stereocenters. The summed E-state index contributed by atoms with van der Waals surface area (Å²) < 4.78 is 4.75. The fraction of sp³-hybridized carbons (Fsp3) is 0.529. The van der Waals surface area contributed by atoms with E-state index in [0.717, 1.165) is 17.5 Å². The average Bonchev–Trinajstić information content (AvgIpc) is 2.75. The van der Waals surface area contributed by atoms with Crippen LogP contribution in [0.3, 0.4) is 0 Å². The van der Waals surface area contributed by atoms with E-state index in [4.69, 9.17) is 4.74 Å². The molecule has 0 aromatic heterocycles. The number of methoxy groups -OCH3 is 1. The lowest BCUT2D eigenvalue weighted by Gasteiger charge is -2.22. The third-order valence-corrected chi connectivity index (χ3v) is 4.12. The number of amides is 2. The first-order valence-corrected chi connectivity index (χ1v) is 7.68. The third-order valence-electron chi connectivity index (χ3n) is 4.12. The zero-order chi connectivity index (χ0) is 16.1. The predicted octanol–water partition coefficient (Wildman–Crippen LogP) is 2.15. The summed E-state index contributed by atoms with van der Waals surface area (Å²) in [6.07, 6.45) is 0.890. The highest BCUT2D eigenvalue weighted by Gasteiger charge is 2.22. The number of carbonyl (C=O) groups excluding carboxylic acids is 2. The molecule has 0 radical (unpaired) electrons. The Labute approximate surface area is 131 Å². The molecular formula is C17H24N2O3. The van der Waals surface area contributed by atoms with Crippen LogP contribution in [-0.2, 0) is 16.0 Å². The Kier molecular flexibility index (Phi) is 5.41. The zero-order valence-electron chi connectivity index (χ0n) is 13.6. The van der Waals surface area contributed by atoms with Crippen molar-refractivity contribution < 1.29 is 14.3 Å². The van der Waals surface area contributed by atoms with Crippen molar-refractivity contribution in [3.05, 3.63) is 34.9 Å². The summed E-state index contributed by atoms with van der Waals surface area (Å²) in [6.45, 7) is 6.52. The Morgan fingerprint density at radius 3 is 2.45 bits per heavy atom. The number of nitrogens with zero attached hydrogens (tertiary/aromatic N) is 2. The van der Waals surface area contributed by atoms with Gasteiger partial charge in [0.2, 0.25) is 5.91 Å². The van der Waals surface area contributed by atoms with Crippen LogP contribution in [-0.4, -0.2) is 55.1 Å². The van der Waals surface area contributed by atoms with Crippen molar-refractivity contribution in [2.75, 3.05) is 33.3 Å². The van der Waals surface area contributed by atoms with Crippen molar-refractivity contribution in [2.24, 2.45) is 0 Å². The maximum atomic E-state index is 12.5. The maximum absolute atomic E-state index is 12.5. The molecule has 0 N–H and O–H groups in total. The number of ether oxygens (including phenoxy) is 1.